The normalized spacial score (nSPS) is 12.0. The zero-order valence-corrected chi connectivity index (χ0v) is 14.7. The molecular weight excluding hydrogens is 312 g/mol. The van der Waals surface area contributed by atoms with Crippen LogP contribution in [0.1, 0.15) is 20.8 Å². The summed E-state index contributed by atoms with van der Waals surface area (Å²) in [6.07, 6.45) is 0. The van der Waals surface area contributed by atoms with Gasteiger partial charge in [0.05, 0.1) is 12.4 Å². The standard InChI is InChI=1S/C16H22N4O2S/c1-5-17-15(21)11(3)23-16-19-18-14(20(16)6-2)12-7-9-13(22-4)10-8-12/h7-11H,5-6H2,1-4H3,(H,17,21)/t11-/m1/s1. The molecule has 0 aliphatic carbocycles. The van der Waals surface area contributed by atoms with Gasteiger partial charge in [0.15, 0.2) is 11.0 Å². The van der Waals surface area contributed by atoms with Crippen LogP contribution in [0.5, 0.6) is 5.75 Å². The van der Waals surface area contributed by atoms with Crippen molar-refractivity contribution in [3.05, 3.63) is 24.3 Å². The first-order valence-corrected chi connectivity index (χ1v) is 8.50. The van der Waals surface area contributed by atoms with Crippen molar-refractivity contribution in [1.82, 2.24) is 20.1 Å². The molecule has 2 rings (SSSR count). The van der Waals surface area contributed by atoms with Gasteiger partial charge in [-0.1, -0.05) is 11.8 Å². The van der Waals surface area contributed by atoms with E-state index < -0.39 is 0 Å². The van der Waals surface area contributed by atoms with E-state index >= 15 is 0 Å². The van der Waals surface area contributed by atoms with Crippen LogP contribution in [-0.2, 0) is 11.3 Å². The van der Waals surface area contributed by atoms with Crippen LogP contribution in [0.2, 0.25) is 0 Å². The van der Waals surface area contributed by atoms with E-state index in [1.807, 2.05) is 49.6 Å². The number of carbonyl (C=O) groups is 1. The van der Waals surface area contributed by atoms with Crippen LogP contribution in [0.25, 0.3) is 11.4 Å². The predicted octanol–water partition coefficient (Wildman–Crippen LogP) is 2.59. The van der Waals surface area contributed by atoms with Crippen molar-refractivity contribution in [3.8, 4) is 17.1 Å². The number of ether oxygens (including phenoxy) is 1. The molecule has 0 radical (unpaired) electrons. The minimum absolute atomic E-state index is 0.00847. The maximum atomic E-state index is 11.9. The summed E-state index contributed by atoms with van der Waals surface area (Å²) >= 11 is 1.42. The van der Waals surface area contributed by atoms with Gasteiger partial charge in [-0.05, 0) is 45.0 Å². The number of amides is 1. The van der Waals surface area contributed by atoms with Gasteiger partial charge in [0.25, 0.3) is 0 Å². The lowest BCUT2D eigenvalue weighted by molar-refractivity contribution is -0.120. The molecule has 0 spiro atoms. The maximum absolute atomic E-state index is 11.9. The Labute approximate surface area is 140 Å². The van der Waals surface area contributed by atoms with Gasteiger partial charge in [0, 0.05) is 18.7 Å². The van der Waals surface area contributed by atoms with E-state index in [0.717, 1.165) is 28.8 Å². The Morgan fingerprint density at radius 1 is 1.30 bits per heavy atom. The van der Waals surface area contributed by atoms with Crippen molar-refractivity contribution < 1.29 is 9.53 Å². The maximum Gasteiger partial charge on any atom is 0.233 e. The molecule has 0 saturated heterocycles. The average Bonchev–Trinajstić information content (AvgIpc) is 2.97. The molecule has 0 aliphatic heterocycles. The molecule has 2 aromatic rings. The molecule has 1 aromatic heterocycles. The third-order valence-corrected chi connectivity index (χ3v) is 4.46. The predicted molar refractivity (Wildman–Crippen MR) is 91.7 cm³/mol. The zero-order valence-electron chi connectivity index (χ0n) is 13.9. The highest BCUT2D eigenvalue weighted by Gasteiger charge is 2.19. The molecule has 1 atom stereocenters. The lowest BCUT2D eigenvalue weighted by atomic mass is 10.2. The first kappa shape index (κ1) is 17.3. The number of nitrogens with one attached hydrogen (secondary N) is 1. The highest BCUT2D eigenvalue weighted by Crippen LogP contribution is 2.27. The molecule has 0 bridgehead atoms. The Morgan fingerprint density at radius 3 is 2.57 bits per heavy atom. The molecule has 6 nitrogen and oxygen atoms in total. The third-order valence-electron chi connectivity index (χ3n) is 3.38. The summed E-state index contributed by atoms with van der Waals surface area (Å²) in [5, 5.41) is 11.9. The molecule has 0 saturated carbocycles. The Bertz CT molecular complexity index is 655. The van der Waals surface area contributed by atoms with Gasteiger partial charge in [0.1, 0.15) is 5.75 Å². The fourth-order valence-electron chi connectivity index (χ4n) is 2.14. The second-order valence-electron chi connectivity index (χ2n) is 4.93. The molecule has 0 unspecified atom stereocenters. The summed E-state index contributed by atoms with van der Waals surface area (Å²) in [6, 6.07) is 7.70. The second kappa shape index (κ2) is 8.01. The third kappa shape index (κ3) is 4.04. The molecule has 1 N–H and O–H groups in total. The molecule has 23 heavy (non-hydrogen) atoms. The average molecular weight is 334 g/mol. The monoisotopic (exact) mass is 334 g/mol. The zero-order chi connectivity index (χ0) is 16.8. The number of hydrogen-bond donors (Lipinski definition) is 1. The Balaban J connectivity index is 2.23. The smallest absolute Gasteiger partial charge is 0.233 e. The highest BCUT2D eigenvalue weighted by molar-refractivity contribution is 8.00. The molecule has 0 fully saturated rings. The molecule has 1 heterocycles. The minimum atomic E-state index is -0.215. The lowest BCUT2D eigenvalue weighted by Gasteiger charge is -2.12. The van der Waals surface area contributed by atoms with Crippen molar-refractivity contribution in [2.45, 2.75) is 37.7 Å². The number of benzene rings is 1. The molecule has 124 valence electrons. The van der Waals surface area contributed by atoms with Crippen LogP contribution in [0, 0.1) is 0 Å². The van der Waals surface area contributed by atoms with Gasteiger partial charge in [-0.15, -0.1) is 10.2 Å². The van der Waals surface area contributed by atoms with Crippen molar-refractivity contribution in [2.24, 2.45) is 0 Å². The fourth-order valence-corrected chi connectivity index (χ4v) is 3.08. The van der Waals surface area contributed by atoms with Crippen molar-refractivity contribution >= 4 is 17.7 Å². The molecule has 7 heteroatoms. The summed E-state index contributed by atoms with van der Waals surface area (Å²) in [7, 11) is 1.64. The number of aromatic nitrogens is 3. The number of thioether (sulfide) groups is 1. The van der Waals surface area contributed by atoms with Crippen LogP contribution >= 0.6 is 11.8 Å². The molecule has 1 amide bonds. The molecular formula is C16H22N4O2S. The van der Waals surface area contributed by atoms with Crippen molar-refractivity contribution in [1.29, 1.82) is 0 Å². The summed E-state index contributed by atoms with van der Waals surface area (Å²) in [5.74, 6) is 1.60. The summed E-state index contributed by atoms with van der Waals surface area (Å²) in [4.78, 5) is 11.9. The quantitative estimate of drug-likeness (QED) is 0.788. The van der Waals surface area contributed by atoms with E-state index in [9.17, 15) is 4.79 Å². The van der Waals surface area contributed by atoms with Gasteiger partial charge >= 0.3 is 0 Å². The van der Waals surface area contributed by atoms with Gasteiger partial charge < -0.3 is 14.6 Å². The van der Waals surface area contributed by atoms with Gasteiger partial charge in [0.2, 0.25) is 5.91 Å². The topological polar surface area (TPSA) is 69.0 Å². The molecule has 0 aliphatic rings. The van der Waals surface area contributed by atoms with E-state index in [-0.39, 0.29) is 11.2 Å². The number of rotatable bonds is 7. The van der Waals surface area contributed by atoms with Crippen LogP contribution in [0.15, 0.2) is 29.4 Å². The van der Waals surface area contributed by atoms with E-state index in [1.54, 1.807) is 7.11 Å². The van der Waals surface area contributed by atoms with Gasteiger partial charge in [-0.2, -0.15) is 0 Å². The number of methoxy groups -OCH3 is 1. The SMILES string of the molecule is CCNC(=O)[C@@H](C)Sc1nnc(-c2ccc(OC)cc2)n1CC. The first-order valence-electron chi connectivity index (χ1n) is 7.62. The number of hydrogen-bond acceptors (Lipinski definition) is 5. The minimum Gasteiger partial charge on any atom is -0.497 e. The lowest BCUT2D eigenvalue weighted by Crippen LogP contribution is -2.30. The van der Waals surface area contributed by atoms with Crippen molar-refractivity contribution in [3.63, 3.8) is 0 Å². The van der Waals surface area contributed by atoms with Gasteiger partial charge in [-0.25, -0.2) is 0 Å². The van der Waals surface area contributed by atoms with E-state index in [0.29, 0.717) is 6.54 Å². The van der Waals surface area contributed by atoms with E-state index in [4.69, 9.17) is 4.74 Å². The second-order valence-corrected chi connectivity index (χ2v) is 6.24. The summed E-state index contributed by atoms with van der Waals surface area (Å²) < 4.78 is 7.19. The van der Waals surface area contributed by atoms with Gasteiger partial charge in [-0.3, -0.25) is 4.79 Å². The van der Waals surface area contributed by atoms with E-state index in [2.05, 4.69) is 15.5 Å². The fraction of sp³-hybridized carbons (Fsp3) is 0.438. The summed E-state index contributed by atoms with van der Waals surface area (Å²) in [6.45, 7) is 7.18. The van der Waals surface area contributed by atoms with Crippen LogP contribution in [0.3, 0.4) is 0 Å². The Morgan fingerprint density at radius 2 is 2.00 bits per heavy atom. The van der Waals surface area contributed by atoms with Crippen LogP contribution in [-0.4, -0.2) is 39.6 Å². The number of nitrogens with zero attached hydrogens (tertiary/aromatic N) is 3. The first-order chi connectivity index (χ1) is 11.1. The molecule has 1 aromatic carbocycles. The van der Waals surface area contributed by atoms with Crippen LogP contribution < -0.4 is 10.1 Å². The largest absolute Gasteiger partial charge is 0.497 e. The summed E-state index contributed by atoms with van der Waals surface area (Å²) in [5.41, 5.74) is 0.970. The van der Waals surface area contributed by atoms with Crippen molar-refractivity contribution in [2.75, 3.05) is 13.7 Å². The van der Waals surface area contributed by atoms with Crippen LogP contribution in [0.4, 0.5) is 0 Å². The number of carbonyl (C=O) groups excluding carboxylic acids is 1. The Hall–Kier alpha value is -2.02. The van der Waals surface area contributed by atoms with E-state index in [1.165, 1.54) is 11.8 Å². The Kier molecular flexibility index (Phi) is 6.04. The highest BCUT2D eigenvalue weighted by atomic mass is 32.2.